The Labute approximate surface area is 238 Å². The number of nitrogens with two attached hydrogens (primary N) is 2. The molecular weight excluding hydrogens is 518 g/mol. The number of hydrogen-bond acceptors (Lipinski definition) is 8. The largest absolute Gasteiger partial charge is 0.444 e. The molecule has 0 aromatic carbocycles. The first-order valence-electron chi connectivity index (χ1n) is 14.2. The summed E-state index contributed by atoms with van der Waals surface area (Å²) in [5.41, 5.74) is 9.05. The fourth-order valence-corrected chi connectivity index (χ4v) is 4.43. The Balaban J connectivity index is 2.96. The second-order valence-electron chi connectivity index (χ2n) is 11.7. The van der Waals surface area contributed by atoms with Crippen molar-refractivity contribution in [1.29, 1.82) is 0 Å². The lowest BCUT2D eigenvalue weighted by Crippen LogP contribution is -2.62. The van der Waals surface area contributed by atoms with E-state index in [1.165, 1.54) is 11.9 Å². The molecule has 0 aromatic rings. The van der Waals surface area contributed by atoms with Crippen molar-refractivity contribution in [3.8, 4) is 0 Å². The van der Waals surface area contributed by atoms with Gasteiger partial charge in [0.2, 0.25) is 23.6 Å². The van der Waals surface area contributed by atoms with Gasteiger partial charge in [0.05, 0.1) is 0 Å². The van der Waals surface area contributed by atoms with Crippen LogP contribution in [0, 0.1) is 0 Å². The first-order chi connectivity index (χ1) is 18.7. The molecule has 1 rings (SSSR count). The highest BCUT2D eigenvalue weighted by Gasteiger charge is 2.41. The van der Waals surface area contributed by atoms with Crippen molar-refractivity contribution in [2.45, 2.75) is 115 Å². The van der Waals surface area contributed by atoms with E-state index in [1.54, 1.807) is 34.6 Å². The number of nitrogens with one attached hydrogen (secondary N) is 4. The maximum atomic E-state index is 13.5. The zero-order chi connectivity index (χ0) is 30.5. The van der Waals surface area contributed by atoms with Gasteiger partial charge in [-0.3, -0.25) is 19.2 Å². The lowest BCUT2D eigenvalue weighted by Gasteiger charge is -2.32. The maximum Gasteiger partial charge on any atom is 0.408 e. The van der Waals surface area contributed by atoms with Crippen LogP contribution in [0.5, 0.6) is 0 Å². The van der Waals surface area contributed by atoms with Gasteiger partial charge in [-0.2, -0.15) is 0 Å². The number of ether oxygens (including phenoxy) is 1. The average molecular weight is 570 g/mol. The molecule has 0 spiro atoms. The van der Waals surface area contributed by atoms with E-state index in [0.717, 1.165) is 0 Å². The van der Waals surface area contributed by atoms with Gasteiger partial charge in [0, 0.05) is 13.6 Å². The van der Waals surface area contributed by atoms with E-state index in [0.29, 0.717) is 71.0 Å². The third-order valence-electron chi connectivity index (χ3n) is 6.59. The topological polar surface area (TPSA) is 198 Å². The summed E-state index contributed by atoms with van der Waals surface area (Å²) in [6.07, 6.45) is 3.71. The molecule has 0 bridgehead atoms. The number of carbonyl (C=O) groups excluding carboxylic acids is 5. The summed E-state index contributed by atoms with van der Waals surface area (Å²) < 4.78 is 5.34. The average Bonchev–Trinajstić information content (AvgIpc) is 3.35. The van der Waals surface area contributed by atoms with Crippen molar-refractivity contribution in [3.63, 3.8) is 0 Å². The molecule has 1 aliphatic heterocycles. The summed E-state index contributed by atoms with van der Waals surface area (Å²) in [5, 5.41) is 10.7. The Morgan fingerprint density at radius 1 is 0.900 bits per heavy atom. The minimum atomic E-state index is -1.36. The molecule has 0 radical (unpaired) electrons. The van der Waals surface area contributed by atoms with Gasteiger partial charge in [0.15, 0.2) is 0 Å². The fraction of sp³-hybridized carbons (Fsp3) is 0.815. The highest BCUT2D eigenvalue weighted by atomic mass is 16.6. The maximum absolute atomic E-state index is 13.5. The Kier molecular flexibility index (Phi) is 14.4. The summed E-state index contributed by atoms with van der Waals surface area (Å²) in [7, 11) is 1.49. The molecule has 0 aromatic heterocycles. The molecule has 13 nitrogen and oxygen atoms in total. The van der Waals surface area contributed by atoms with Crippen LogP contribution in [0.15, 0.2) is 0 Å². The van der Waals surface area contributed by atoms with E-state index < -0.39 is 47.2 Å². The van der Waals surface area contributed by atoms with Gasteiger partial charge < -0.3 is 42.4 Å². The number of amides is 5. The SMILES string of the molecule is CNC(=O)[C@H](CCCCN)NC(=O)C(C)(C)NC(=O)[C@@H]1CCCN1C(=O)[C@H](CCCCN)NC(=O)OC(C)(C)C. The fourth-order valence-electron chi connectivity index (χ4n) is 4.43. The second-order valence-corrected chi connectivity index (χ2v) is 11.7. The molecule has 8 N–H and O–H groups in total. The standard InChI is InChI=1S/C27H51N7O6/c1-26(2,3)40-25(39)32-19(13-8-10-16-29)23(37)34-17-11-14-20(34)22(36)33-27(4,5)24(38)31-18(21(35)30-6)12-7-9-15-28/h18-20H,7-17,28-29H2,1-6H3,(H,30,35)(H,31,38)(H,32,39)(H,33,36)/t18-,19-,20-/m0/s1. The van der Waals surface area contributed by atoms with Gasteiger partial charge in [0.1, 0.15) is 29.3 Å². The molecule has 5 amide bonds. The highest BCUT2D eigenvalue weighted by Crippen LogP contribution is 2.21. The van der Waals surface area contributed by atoms with Crippen LogP contribution in [0.2, 0.25) is 0 Å². The number of carbonyl (C=O) groups is 5. The number of hydrogen-bond donors (Lipinski definition) is 6. The van der Waals surface area contributed by atoms with Crippen molar-refractivity contribution < 1.29 is 28.7 Å². The van der Waals surface area contributed by atoms with Gasteiger partial charge in [-0.15, -0.1) is 0 Å². The van der Waals surface area contributed by atoms with Gasteiger partial charge in [-0.05, 0) is 99.1 Å². The third kappa shape index (κ3) is 11.7. The van der Waals surface area contributed by atoms with Crippen molar-refractivity contribution >= 4 is 29.7 Å². The van der Waals surface area contributed by atoms with Gasteiger partial charge in [-0.25, -0.2) is 4.79 Å². The zero-order valence-corrected chi connectivity index (χ0v) is 25.1. The summed E-state index contributed by atoms with van der Waals surface area (Å²) in [4.78, 5) is 66.2. The molecule has 1 aliphatic rings. The van der Waals surface area contributed by atoms with Gasteiger partial charge in [-0.1, -0.05) is 0 Å². The van der Waals surface area contributed by atoms with Gasteiger partial charge in [0.25, 0.3) is 0 Å². The molecule has 3 atom stereocenters. The number of alkyl carbamates (subject to hydrolysis) is 1. The number of rotatable bonds is 15. The Morgan fingerprint density at radius 2 is 1.48 bits per heavy atom. The summed E-state index contributed by atoms with van der Waals surface area (Å²) in [6.45, 7) is 9.55. The Bertz CT molecular complexity index is 874. The van der Waals surface area contributed by atoms with Crippen LogP contribution >= 0.6 is 0 Å². The second kappa shape index (κ2) is 16.4. The van der Waals surface area contributed by atoms with Crippen LogP contribution in [0.25, 0.3) is 0 Å². The summed E-state index contributed by atoms with van der Waals surface area (Å²) >= 11 is 0. The van der Waals surface area contributed by atoms with Crippen LogP contribution < -0.4 is 32.7 Å². The molecule has 0 aliphatic carbocycles. The van der Waals surface area contributed by atoms with Crippen molar-refractivity contribution in [3.05, 3.63) is 0 Å². The molecular formula is C27H51N7O6. The predicted octanol–water partition coefficient (Wildman–Crippen LogP) is 0.254. The normalized spacial score (nSPS) is 17.0. The van der Waals surface area contributed by atoms with Gasteiger partial charge >= 0.3 is 6.09 Å². The van der Waals surface area contributed by atoms with E-state index >= 15 is 0 Å². The highest BCUT2D eigenvalue weighted by molar-refractivity contribution is 5.97. The van der Waals surface area contributed by atoms with Crippen LogP contribution in [-0.4, -0.2) is 90.6 Å². The minimum Gasteiger partial charge on any atom is -0.444 e. The first kappa shape index (κ1) is 35.1. The lowest BCUT2D eigenvalue weighted by molar-refractivity contribution is -0.142. The van der Waals surface area contributed by atoms with Crippen LogP contribution in [0.1, 0.15) is 86.0 Å². The molecule has 230 valence electrons. The monoisotopic (exact) mass is 569 g/mol. The van der Waals surface area contributed by atoms with Crippen LogP contribution in [-0.2, 0) is 23.9 Å². The smallest absolute Gasteiger partial charge is 0.408 e. The number of likely N-dealkylation sites (tertiary alicyclic amines) is 1. The molecule has 0 unspecified atom stereocenters. The molecule has 1 saturated heterocycles. The summed E-state index contributed by atoms with van der Waals surface area (Å²) in [6, 6.07) is -2.46. The molecule has 1 fully saturated rings. The van der Waals surface area contributed by atoms with E-state index in [-0.39, 0.29) is 11.8 Å². The quantitative estimate of drug-likeness (QED) is 0.151. The van der Waals surface area contributed by atoms with Crippen molar-refractivity contribution in [1.82, 2.24) is 26.2 Å². The number of nitrogens with zero attached hydrogens (tertiary/aromatic N) is 1. The Hall–Kier alpha value is -2.93. The van der Waals surface area contributed by atoms with Crippen molar-refractivity contribution in [2.75, 3.05) is 26.7 Å². The zero-order valence-electron chi connectivity index (χ0n) is 25.1. The van der Waals surface area contributed by atoms with E-state index in [2.05, 4.69) is 21.3 Å². The molecule has 1 heterocycles. The van der Waals surface area contributed by atoms with Crippen molar-refractivity contribution in [2.24, 2.45) is 11.5 Å². The molecule has 13 heteroatoms. The van der Waals surface area contributed by atoms with Crippen LogP contribution in [0.3, 0.4) is 0 Å². The minimum absolute atomic E-state index is 0.335. The first-order valence-corrected chi connectivity index (χ1v) is 14.2. The lowest BCUT2D eigenvalue weighted by atomic mass is 10.0. The Morgan fingerprint density at radius 3 is 2.00 bits per heavy atom. The predicted molar refractivity (Wildman–Crippen MR) is 152 cm³/mol. The summed E-state index contributed by atoms with van der Waals surface area (Å²) in [5.74, 6) is -1.73. The molecule has 0 saturated carbocycles. The number of likely N-dealkylation sites (N-methyl/N-ethyl adjacent to an activating group) is 1. The van der Waals surface area contributed by atoms with Crippen LogP contribution in [0.4, 0.5) is 4.79 Å². The molecule has 40 heavy (non-hydrogen) atoms. The third-order valence-corrected chi connectivity index (χ3v) is 6.59. The van der Waals surface area contributed by atoms with E-state index in [1.807, 2.05) is 0 Å². The van der Waals surface area contributed by atoms with E-state index in [4.69, 9.17) is 16.2 Å². The number of unbranched alkanes of at least 4 members (excludes halogenated alkanes) is 2. The van der Waals surface area contributed by atoms with E-state index in [9.17, 15) is 24.0 Å².